The predicted molar refractivity (Wildman–Crippen MR) is 81.8 cm³/mol. The molecule has 1 unspecified atom stereocenters. The molecular weight excluding hydrogens is 270 g/mol. The van der Waals surface area contributed by atoms with Crippen LogP contribution in [-0.2, 0) is 4.74 Å². The molecule has 0 saturated carbocycles. The Hall–Kier alpha value is -1.63. The summed E-state index contributed by atoms with van der Waals surface area (Å²) >= 11 is 0. The number of nitrogens with one attached hydrogen (secondary N) is 2. The van der Waals surface area contributed by atoms with Gasteiger partial charge < -0.3 is 20.1 Å². The van der Waals surface area contributed by atoms with Crippen molar-refractivity contribution in [3.8, 4) is 6.01 Å². The first-order valence-electron chi connectivity index (χ1n) is 7.61. The van der Waals surface area contributed by atoms with Crippen LogP contribution in [0.15, 0.2) is 0 Å². The Balaban J connectivity index is 2.03. The molecular formula is C14H25N5O2. The zero-order valence-electron chi connectivity index (χ0n) is 13.1. The van der Waals surface area contributed by atoms with Crippen LogP contribution in [0.4, 0.5) is 11.9 Å². The van der Waals surface area contributed by atoms with Gasteiger partial charge in [-0.05, 0) is 32.1 Å². The lowest BCUT2D eigenvalue weighted by Gasteiger charge is -2.28. The first-order valence-corrected chi connectivity index (χ1v) is 7.61. The summed E-state index contributed by atoms with van der Waals surface area (Å²) in [6.45, 7) is 6.74. The van der Waals surface area contributed by atoms with Gasteiger partial charge in [-0.15, -0.1) is 0 Å². The van der Waals surface area contributed by atoms with Crippen LogP contribution in [0.1, 0.15) is 33.1 Å². The Morgan fingerprint density at radius 3 is 2.62 bits per heavy atom. The van der Waals surface area contributed by atoms with Gasteiger partial charge >= 0.3 is 6.01 Å². The minimum atomic E-state index is 0.292. The van der Waals surface area contributed by atoms with Crippen molar-refractivity contribution in [1.82, 2.24) is 15.0 Å². The van der Waals surface area contributed by atoms with E-state index in [4.69, 9.17) is 9.47 Å². The first kappa shape index (κ1) is 15.8. The van der Waals surface area contributed by atoms with Gasteiger partial charge in [0.2, 0.25) is 11.9 Å². The second-order valence-electron chi connectivity index (χ2n) is 5.28. The SMILES string of the molecule is CCCNc1nc(NC(C)C2CCOCC2)nc(OC)n1. The number of nitrogens with zero attached hydrogens (tertiary/aromatic N) is 3. The second-order valence-corrected chi connectivity index (χ2v) is 5.28. The predicted octanol–water partition coefficient (Wildman–Crippen LogP) is 1.93. The van der Waals surface area contributed by atoms with Crippen LogP contribution in [0, 0.1) is 5.92 Å². The van der Waals surface area contributed by atoms with Crippen molar-refractivity contribution in [2.24, 2.45) is 5.92 Å². The molecule has 2 heterocycles. The Kier molecular flexibility index (Phi) is 5.98. The van der Waals surface area contributed by atoms with Gasteiger partial charge in [0.15, 0.2) is 0 Å². The summed E-state index contributed by atoms with van der Waals surface area (Å²) in [5.41, 5.74) is 0. The summed E-state index contributed by atoms with van der Waals surface area (Å²) in [6.07, 6.45) is 3.14. The van der Waals surface area contributed by atoms with Crippen LogP contribution in [-0.4, -0.2) is 47.9 Å². The van der Waals surface area contributed by atoms with Gasteiger partial charge in [-0.1, -0.05) is 6.92 Å². The number of hydrogen-bond donors (Lipinski definition) is 2. The molecule has 1 saturated heterocycles. The highest BCUT2D eigenvalue weighted by Crippen LogP contribution is 2.21. The third-order valence-corrected chi connectivity index (χ3v) is 3.66. The van der Waals surface area contributed by atoms with Crippen molar-refractivity contribution >= 4 is 11.9 Å². The van der Waals surface area contributed by atoms with Gasteiger partial charge in [-0.25, -0.2) is 0 Å². The molecule has 7 heteroatoms. The average Bonchev–Trinajstić information content (AvgIpc) is 2.53. The van der Waals surface area contributed by atoms with E-state index < -0.39 is 0 Å². The number of aromatic nitrogens is 3. The summed E-state index contributed by atoms with van der Waals surface area (Å²) < 4.78 is 10.5. The summed E-state index contributed by atoms with van der Waals surface area (Å²) in [6, 6.07) is 0.616. The van der Waals surface area contributed by atoms with E-state index in [-0.39, 0.29) is 0 Å². The third kappa shape index (κ3) is 4.70. The highest BCUT2D eigenvalue weighted by molar-refractivity contribution is 5.36. The lowest BCUT2D eigenvalue weighted by atomic mass is 9.93. The van der Waals surface area contributed by atoms with Crippen LogP contribution < -0.4 is 15.4 Å². The number of ether oxygens (including phenoxy) is 2. The zero-order valence-corrected chi connectivity index (χ0v) is 13.1. The first-order chi connectivity index (χ1) is 10.2. The largest absolute Gasteiger partial charge is 0.467 e. The molecule has 0 amide bonds. The van der Waals surface area contributed by atoms with Gasteiger partial charge in [0.05, 0.1) is 7.11 Å². The minimum absolute atomic E-state index is 0.292. The quantitative estimate of drug-likeness (QED) is 0.795. The van der Waals surface area contributed by atoms with E-state index in [9.17, 15) is 0 Å². The zero-order chi connectivity index (χ0) is 15.1. The third-order valence-electron chi connectivity index (χ3n) is 3.66. The molecule has 1 fully saturated rings. The van der Waals surface area contributed by atoms with Crippen LogP contribution >= 0.6 is 0 Å². The van der Waals surface area contributed by atoms with Crippen LogP contribution in [0.25, 0.3) is 0 Å². The molecule has 7 nitrogen and oxygen atoms in total. The van der Waals surface area contributed by atoms with Gasteiger partial charge in [0, 0.05) is 25.8 Å². The maximum Gasteiger partial charge on any atom is 0.322 e. The lowest BCUT2D eigenvalue weighted by Crippen LogP contribution is -2.31. The Morgan fingerprint density at radius 2 is 1.95 bits per heavy atom. The Morgan fingerprint density at radius 1 is 1.24 bits per heavy atom. The maximum absolute atomic E-state index is 5.40. The fourth-order valence-corrected chi connectivity index (χ4v) is 2.37. The highest BCUT2D eigenvalue weighted by atomic mass is 16.5. The molecule has 1 aliphatic rings. The number of methoxy groups -OCH3 is 1. The molecule has 0 bridgehead atoms. The summed E-state index contributed by atoms with van der Waals surface area (Å²) in [5, 5.41) is 6.53. The van der Waals surface area contributed by atoms with Gasteiger partial charge in [-0.2, -0.15) is 15.0 Å². The molecule has 0 radical (unpaired) electrons. The molecule has 0 aliphatic carbocycles. The van der Waals surface area contributed by atoms with E-state index in [1.807, 2.05) is 0 Å². The molecule has 2 N–H and O–H groups in total. The van der Waals surface area contributed by atoms with E-state index in [1.54, 1.807) is 7.11 Å². The number of rotatable bonds is 7. The lowest BCUT2D eigenvalue weighted by molar-refractivity contribution is 0.0621. The van der Waals surface area contributed by atoms with E-state index >= 15 is 0 Å². The molecule has 1 aromatic heterocycles. The maximum atomic E-state index is 5.40. The monoisotopic (exact) mass is 295 g/mol. The van der Waals surface area contributed by atoms with E-state index in [1.165, 1.54) is 0 Å². The fourth-order valence-electron chi connectivity index (χ4n) is 2.37. The molecule has 1 aliphatic heterocycles. The van der Waals surface area contributed by atoms with Crippen LogP contribution in [0.2, 0.25) is 0 Å². The van der Waals surface area contributed by atoms with Crippen LogP contribution in [0.5, 0.6) is 6.01 Å². The smallest absolute Gasteiger partial charge is 0.322 e. The number of hydrogen-bond acceptors (Lipinski definition) is 7. The molecule has 1 atom stereocenters. The molecule has 1 aromatic rings. The fraction of sp³-hybridized carbons (Fsp3) is 0.786. The average molecular weight is 295 g/mol. The minimum Gasteiger partial charge on any atom is -0.467 e. The van der Waals surface area contributed by atoms with Gasteiger partial charge in [0.25, 0.3) is 0 Å². The molecule has 21 heavy (non-hydrogen) atoms. The number of anilines is 2. The summed E-state index contributed by atoms with van der Waals surface area (Å²) in [7, 11) is 1.56. The topological polar surface area (TPSA) is 81.2 Å². The van der Waals surface area contributed by atoms with Crippen LogP contribution in [0.3, 0.4) is 0 Å². The van der Waals surface area contributed by atoms with Gasteiger partial charge in [-0.3, -0.25) is 0 Å². The molecule has 0 spiro atoms. The standard InChI is InChI=1S/C14H25N5O2/c1-4-7-15-12-17-13(19-14(18-12)20-3)16-10(2)11-5-8-21-9-6-11/h10-11H,4-9H2,1-3H3,(H2,15,16,17,18,19). The summed E-state index contributed by atoms with van der Waals surface area (Å²) in [5.74, 6) is 1.68. The van der Waals surface area contributed by atoms with Crippen molar-refractivity contribution in [2.75, 3.05) is 37.5 Å². The van der Waals surface area contributed by atoms with Crippen molar-refractivity contribution in [1.29, 1.82) is 0 Å². The Labute approximate surface area is 125 Å². The summed E-state index contributed by atoms with van der Waals surface area (Å²) in [4.78, 5) is 12.9. The molecule has 0 aromatic carbocycles. The van der Waals surface area contributed by atoms with Crippen molar-refractivity contribution in [2.45, 2.75) is 39.2 Å². The molecule has 118 valence electrons. The van der Waals surface area contributed by atoms with E-state index in [2.05, 4.69) is 39.4 Å². The van der Waals surface area contributed by atoms with Crippen molar-refractivity contribution in [3.05, 3.63) is 0 Å². The van der Waals surface area contributed by atoms with E-state index in [0.717, 1.165) is 39.0 Å². The van der Waals surface area contributed by atoms with Gasteiger partial charge in [0.1, 0.15) is 0 Å². The van der Waals surface area contributed by atoms with Crippen molar-refractivity contribution in [3.63, 3.8) is 0 Å². The van der Waals surface area contributed by atoms with Crippen molar-refractivity contribution < 1.29 is 9.47 Å². The second kappa shape index (κ2) is 7.97. The normalized spacial score (nSPS) is 17.3. The Bertz CT molecular complexity index is 437. The van der Waals surface area contributed by atoms with E-state index in [0.29, 0.717) is 29.9 Å². The highest BCUT2D eigenvalue weighted by Gasteiger charge is 2.21. The molecule has 2 rings (SSSR count).